The van der Waals surface area contributed by atoms with Gasteiger partial charge in [0, 0.05) is 5.56 Å². The molecule has 4 aromatic rings. The molecule has 152 valence electrons. The predicted molar refractivity (Wildman–Crippen MR) is 112 cm³/mol. The summed E-state index contributed by atoms with van der Waals surface area (Å²) in [5.74, 6) is 2.52. The molecule has 0 unspecified atom stereocenters. The lowest BCUT2D eigenvalue weighted by atomic mass is 10.2. The van der Waals surface area contributed by atoms with Crippen LogP contribution in [0.15, 0.2) is 69.5 Å². The number of benzene rings is 2. The van der Waals surface area contributed by atoms with Gasteiger partial charge in [-0.05, 0) is 23.8 Å². The Morgan fingerprint density at radius 1 is 1.03 bits per heavy atom. The summed E-state index contributed by atoms with van der Waals surface area (Å²) in [6, 6.07) is 15.2. The van der Waals surface area contributed by atoms with Gasteiger partial charge in [0.15, 0.2) is 11.5 Å². The molecule has 4 rings (SSSR count). The van der Waals surface area contributed by atoms with Crippen LogP contribution in [0.2, 0.25) is 0 Å². The van der Waals surface area contributed by atoms with E-state index in [1.54, 1.807) is 43.6 Å². The lowest BCUT2D eigenvalue weighted by molar-refractivity contribution is 0.355. The molecular weight excluding hydrogens is 404 g/mol. The van der Waals surface area contributed by atoms with Gasteiger partial charge in [-0.25, -0.2) is 0 Å². The van der Waals surface area contributed by atoms with E-state index in [-0.39, 0.29) is 0 Å². The van der Waals surface area contributed by atoms with Gasteiger partial charge in [0.1, 0.15) is 6.33 Å². The largest absolute Gasteiger partial charge is 0.493 e. The molecule has 30 heavy (non-hydrogen) atoms. The molecule has 9 nitrogen and oxygen atoms in total. The minimum atomic E-state index is 0.398. The molecule has 0 amide bonds. The van der Waals surface area contributed by atoms with Crippen molar-refractivity contribution >= 4 is 18.0 Å². The van der Waals surface area contributed by atoms with Crippen molar-refractivity contribution in [2.75, 3.05) is 14.2 Å². The topological polar surface area (TPSA) is 100 Å². The maximum absolute atomic E-state index is 5.77. The van der Waals surface area contributed by atoms with Crippen molar-refractivity contribution in [1.82, 2.24) is 25.1 Å². The van der Waals surface area contributed by atoms with E-state index in [2.05, 4.69) is 25.5 Å². The molecule has 0 radical (unpaired) electrons. The van der Waals surface area contributed by atoms with Crippen molar-refractivity contribution in [1.29, 1.82) is 0 Å². The molecule has 0 N–H and O–H groups in total. The van der Waals surface area contributed by atoms with Gasteiger partial charge in [-0.1, -0.05) is 42.1 Å². The molecule has 0 saturated heterocycles. The number of hydrogen-bond donors (Lipinski definition) is 0. The summed E-state index contributed by atoms with van der Waals surface area (Å²) in [5, 5.41) is 21.2. The number of ether oxygens (including phenoxy) is 2. The van der Waals surface area contributed by atoms with Crippen LogP contribution in [0.4, 0.5) is 0 Å². The molecule has 2 aromatic heterocycles. The standard InChI is InChI=1S/C20H18N6O3S/c1-27-16-9-8-15(10-17(16)28-2)19-24-23-18(29-19)12-30-20-25-21-13-26(20)22-11-14-6-4-3-5-7-14/h3-11,13H,12H2,1-2H3. The molecule has 0 bridgehead atoms. The third-order valence-corrected chi connectivity index (χ3v) is 4.97. The van der Waals surface area contributed by atoms with Crippen molar-refractivity contribution in [3.05, 3.63) is 66.3 Å². The second kappa shape index (κ2) is 9.23. The van der Waals surface area contributed by atoms with E-state index in [9.17, 15) is 0 Å². The number of hydrogen-bond acceptors (Lipinski definition) is 9. The van der Waals surface area contributed by atoms with Gasteiger partial charge in [0.25, 0.3) is 0 Å². The number of methoxy groups -OCH3 is 2. The summed E-state index contributed by atoms with van der Waals surface area (Å²) in [4.78, 5) is 0. The monoisotopic (exact) mass is 422 g/mol. The van der Waals surface area contributed by atoms with E-state index in [0.29, 0.717) is 34.2 Å². The van der Waals surface area contributed by atoms with Crippen molar-refractivity contribution in [3.63, 3.8) is 0 Å². The zero-order valence-electron chi connectivity index (χ0n) is 16.3. The van der Waals surface area contributed by atoms with Crippen molar-refractivity contribution < 1.29 is 13.9 Å². The molecule has 0 aliphatic heterocycles. The van der Waals surface area contributed by atoms with Crippen LogP contribution in [0.25, 0.3) is 11.5 Å². The maximum atomic E-state index is 5.77. The molecular formula is C20H18N6O3S. The average Bonchev–Trinajstić information content (AvgIpc) is 3.45. The zero-order valence-corrected chi connectivity index (χ0v) is 17.1. The Morgan fingerprint density at radius 3 is 2.67 bits per heavy atom. The number of aromatic nitrogens is 5. The van der Waals surface area contributed by atoms with Gasteiger partial charge in [0.2, 0.25) is 16.9 Å². The summed E-state index contributed by atoms with van der Waals surface area (Å²) in [7, 11) is 3.16. The summed E-state index contributed by atoms with van der Waals surface area (Å²) < 4.78 is 17.9. The van der Waals surface area contributed by atoms with E-state index >= 15 is 0 Å². The highest BCUT2D eigenvalue weighted by Crippen LogP contribution is 2.32. The number of nitrogens with zero attached hydrogens (tertiary/aromatic N) is 6. The zero-order chi connectivity index (χ0) is 20.8. The van der Waals surface area contributed by atoms with Crippen molar-refractivity contribution in [2.45, 2.75) is 10.9 Å². The first kappa shape index (κ1) is 19.6. The Hall–Kier alpha value is -3.66. The highest BCUT2D eigenvalue weighted by Gasteiger charge is 2.13. The van der Waals surface area contributed by atoms with Crippen LogP contribution in [0.5, 0.6) is 11.5 Å². The fourth-order valence-corrected chi connectivity index (χ4v) is 3.29. The smallest absolute Gasteiger partial charge is 0.247 e. The summed E-state index contributed by atoms with van der Waals surface area (Å²) in [5.41, 5.74) is 1.73. The van der Waals surface area contributed by atoms with Crippen LogP contribution in [0.1, 0.15) is 11.5 Å². The van der Waals surface area contributed by atoms with Gasteiger partial charge in [0.05, 0.1) is 26.2 Å². The van der Waals surface area contributed by atoms with E-state index in [1.807, 2.05) is 36.4 Å². The second-order valence-electron chi connectivity index (χ2n) is 5.97. The number of thioether (sulfide) groups is 1. The number of rotatable bonds is 8. The fourth-order valence-electron chi connectivity index (χ4n) is 2.59. The van der Waals surface area contributed by atoms with Crippen molar-refractivity contribution in [3.8, 4) is 23.0 Å². The van der Waals surface area contributed by atoms with E-state index in [0.717, 1.165) is 11.1 Å². The third kappa shape index (κ3) is 4.49. The minimum Gasteiger partial charge on any atom is -0.493 e. The predicted octanol–water partition coefficient (Wildman–Crippen LogP) is 3.52. The third-order valence-electron chi connectivity index (χ3n) is 4.05. The fraction of sp³-hybridized carbons (Fsp3) is 0.150. The Balaban J connectivity index is 1.43. The average molecular weight is 422 g/mol. The Morgan fingerprint density at radius 2 is 1.87 bits per heavy atom. The van der Waals surface area contributed by atoms with Gasteiger partial charge < -0.3 is 13.9 Å². The molecule has 0 fully saturated rings. The molecule has 0 atom stereocenters. The lowest BCUT2D eigenvalue weighted by Crippen LogP contribution is -1.92. The van der Waals surface area contributed by atoms with Crippen LogP contribution in [-0.4, -0.2) is 45.5 Å². The molecule has 0 spiro atoms. The van der Waals surface area contributed by atoms with Crippen LogP contribution < -0.4 is 9.47 Å². The first-order valence-electron chi connectivity index (χ1n) is 8.94. The maximum Gasteiger partial charge on any atom is 0.247 e. The van der Waals surface area contributed by atoms with Gasteiger partial charge in [-0.2, -0.15) is 9.78 Å². The normalized spacial score (nSPS) is 11.1. The summed E-state index contributed by atoms with van der Waals surface area (Å²) in [6.45, 7) is 0. The summed E-state index contributed by atoms with van der Waals surface area (Å²) >= 11 is 1.40. The van der Waals surface area contributed by atoms with Crippen LogP contribution in [0.3, 0.4) is 0 Å². The SMILES string of the molecule is COc1ccc(-c2nnc(CSc3nncn3N=Cc3ccccc3)o2)cc1OC. The summed E-state index contributed by atoms with van der Waals surface area (Å²) in [6.07, 6.45) is 3.29. The molecule has 0 aliphatic rings. The first-order chi connectivity index (χ1) is 14.8. The molecule has 0 saturated carbocycles. The van der Waals surface area contributed by atoms with E-state index < -0.39 is 0 Å². The Labute approximate surface area is 176 Å². The molecule has 0 aliphatic carbocycles. The van der Waals surface area contributed by atoms with Crippen molar-refractivity contribution in [2.24, 2.45) is 5.10 Å². The highest BCUT2D eigenvalue weighted by molar-refractivity contribution is 7.98. The lowest BCUT2D eigenvalue weighted by Gasteiger charge is -2.07. The first-order valence-corrected chi connectivity index (χ1v) is 9.92. The Bertz CT molecular complexity index is 1140. The minimum absolute atomic E-state index is 0.398. The quantitative estimate of drug-likeness (QED) is 0.314. The Kier molecular flexibility index (Phi) is 6.04. The van der Waals surface area contributed by atoms with Gasteiger partial charge in [-0.15, -0.1) is 20.4 Å². The molecule has 10 heteroatoms. The second-order valence-corrected chi connectivity index (χ2v) is 6.92. The highest BCUT2D eigenvalue weighted by atomic mass is 32.2. The van der Waals surface area contributed by atoms with Crippen LogP contribution in [-0.2, 0) is 5.75 Å². The van der Waals surface area contributed by atoms with Crippen LogP contribution >= 0.6 is 11.8 Å². The van der Waals surface area contributed by atoms with Gasteiger partial charge in [-0.3, -0.25) is 0 Å². The van der Waals surface area contributed by atoms with Crippen LogP contribution in [0, 0.1) is 0 Å². The molecule has 2 aromatic carbocycles. The van der Waals surface area contributed by atoms with E-state index in [4.69, 9.17) is 13.9 Å². The van der Waals surface area contributed by atoms with Gasteiger partial charge >= 0.3 is 0 Å². The molecule has 2 heterocycles. The van der Waals surface area contributed by atoms with E-state index in [1.165, 1.54) is 11.8 Å².